The second-order valence-corrected chi connectivity index (χ2v) is 4.67. The van der Waals surface area contributed by atoms with Crippen molar-refractivity contribution < 1.29 is 9.90 Å². The van der Waals surface area contributed by atoms with Crippen LogP contribution in [0.25, 0.3) is 0 Å². The second-order valence-electron chi connectivity index (χ2n) is 4.20. The normalized spacial score (nSPS) is 17.9. The Morgan fingerprint density at radius 1 is 1.29 bits per heavy atom. The molecule has 1 unspecified atom stereocenters. The summed E-state index contributed by atoms with van der Waals surface area (Å²) in [6.07, 6.45) is 2.90. The first kappa shape index (κ1) is 12.0. The molecule has 1 aliphatic heterocycles. The molecule has 3 nitrogen and oxygen atoms in total. The lowest BCUT2D eigenvalue weighted by atomic mass is 10.0. The number of carbonyl (C=O) groups is 1. The number of carboxylic acids is 1. The number of piperidine rings is 1. The van der Waals surface area contributed by atoms with E-state index in [0.717, 1.165) is 36.4 Å². The first-order chi connectivity index (χ1) is 8.20. The lowest BCUT2D eigenvalue weighted by Crippen LogP contribution is -2.40. The minimum atomic E-state index is -0.833. The van der Waals surface area contributed by atoms with Crippen molar-refractivity contribution in [3.05, 3.63) is 35.9 Å². The summed E-state index contributed by atoms with van der Waals surface area (Å²) in [5.74, 6) is -0.833. The van der Waals surface area contributed by atoms with Crippen LogP contribution in [-0.4, -0.2) is 27.5 Å². The van der Waals surface area contributed by atoms with Crippen LogP contribution in [0, 0.1) is 0 Å². The monoisotopic (exact) mass is 249 g/mol. The highest BCUT2D eigenvalue weighted by Gasteiger charge is 2.30. The standard InChI is InChI=1S/C13H15NO2S/c15-13(16)12(10-6-2-1-3-7-10)14-9-5-4-8-11(14)17/h1-3,6-7,12H,4-5,8-9H2,(H,15,16). The second kappa shape index (κ2) is 5.27. The fraction of sp³-hybridized carbons (Fsp3) is 0.385. The molecule has 0 bridgehead atoms. The molecule has 1 fully saturated rings. The van der Waals surface area contributed by atoms with Crippen LogP contribution >= 0.6 is 12.2 Å². The van der Waals surface area contributed by atoms with Crippen LogP contribution < -0.4 is 0 Å². The van der Waals surface area contributed by atoms with Crippen molar-refractivity contribution in [3.8, 4) is 0 Å². The Morgan fingerprint density at radius 3 is 2.59 bits per heavy atom. The van der Waals surface area contributed by atoms with Gasteiger partial charge in [-0.05, 0) is 24.8 Å². The van der Waals surface area contributed by atoms with E-state index in [1.54, 1.807) is 0 Å². The number of rotatable bonds is 3. The number of thiocarbonyl (C=S) groups is 1. The molecule has 4 heteroatoms. The van der Waals surface area contributed by atoms with Gasteiger partial charge < -0.3 is 10.0 Å². The molecule has 1 heterocycles. The Kier molecular flexibility index (Phi) is 3.74. The zero-order chi connectivity index (χ0) is 12.3. The van der Waals surface area contributed by atoms with Crippen LogP contribution in [0.5, 0.6) is 0 Å². The molecule has 1 N–H and O–H groups in total. The van der Waals surface area contributed by atoms with E-state index >= 15 is 0 Å². The Labute approximate surface area is 106 Å². The average Bonchev–Trinajstić information content (AvgIpc) is 2.33. The lowest BCUT2D eigenvalue weighted by molar-refractivity contribution is -0.142. The molecular weight excluding hydrogens is 234 g/mol. The van der Waals surface area contributed by atoms with Crippen molar-refractivity contribution in [2.45, 2.75) is 25.3 Å². The zero-order valence-corrected chi connectivity index (χ0v) is 10.3. The van der Waals surface area contributed by atoms with Gasteiger partial charge in [-0.1, -0.05) is 42.5 Å². The summed E-state index contributed by atoms with van der Waals surface area (Å²) < 4.78 is 0. The van der Waals surface area contributed by atoms with Crippen molar-refractivity contribution in [2.75, 3.05) is 6.54 Å². The number of carboxylic acid groups (broad SMARTS) is 1. The van der Waals surface area contributed by atoms with Gasteiger partial charge in [0, 0.05) is 6.54 Å². The zero-order valence-electron chi connectivity index (χ0n) is 9.50. The van der Waals surface area contributed by atoms with Crippen LogP contribution in [0.2, 0.25) is 0 Å². The van der Waals surface area contributed by atoms with Crippen LogP contribution in [0.4, 0.5) is 0 Å². The molecule has 1 aliphatic rings. The maximum absolute atomic E-state index is 11.4. The van der Waals surface area contributed by atoms with Gasteiger partial charge in [-0.3, -0.25) is 0 Å². The van der Waals surface area contributed by atoms with Gasteiger partial charge in [0.1, 0.15) is 0 Å². The molecule has 1 aromatic rings. The summed E-state index contributed by atoms with van der Waals surface area (Å²) in [6, 6.07) is 8.66. The molecule has 1 aromatic carbocycles. The van der Waals surface area contributed by atoms with Gasteiger partial charge in [-0.25, -0.2) is 4.79 Å². The topological polar surface area (TPSA) is 40.5 Å². The predicted molar refractivity (Wildman–Crippen MR) is 70.0 cm³/mol. The van der Waals surface area contributed by atoms with E-state index in [1.165, 1.54) is 0 Å². The van der Waals surface area contributed by atoms with Gasteiger partial charge in [0.25, 0.3) is 0 Å². The first-order valence-corrected chi connectivity index (χ1v) is 6.18. The summed E-state index contributed by atoms with van der Waals surface area (Å²) >= 11 is 5.29. The molecule has 0 aromatic heterocycles. The molecule has 0 aliphatic carbocycles. The fourth-order valence-corrected chi connectivity index (χ4v) is 2.53. The van der Waals surface area contributed by atoms with E-state index in [2.05, 4.69) is 0 Å². The Morgan fingerprint density at radius 2 is 2.00 bits per heavy atom. The molecule has 0 saturated carbocycles. The fourth-order valence-electron chi connectivity index (χ4n) is 2.19. The summed E-state index contributed by atoms with van der Waals surface area (Å²) in [5.41, 5.74) is 0.796. The van der Waals surface area contributed by atoms with Crippen molar-refractivity contribution in [1.29, 1.82) is 0 Å². The summed E-state index contributed by atoms with van der Waals surface area (Å²) in [6.45, 7) is 0.741. The number of aliphatic carboxylic acids is 1. The van der Waals surface area contributed by atoms with Crippen molar-refractivity contribution >= 4 is 23.2 Å². The number of likely N-dealkylation sites (tertiary alicyclic amines) is 1. The largest absolute Gasteiger partial charge is 0.479 e. The Balaban J connectivity index is 2.29. The number of hydrogen-bond acceptors (Lipinski definition) is 2. The van der Waals surface area contributed by atoms with Gasteiger partial charge in [0.05, 0.1) is 4.99 Å². The van der Waals surface area contributed by atoms with E-state index < -0.39 is 12.0 Å². The Bertz CT molecular complexity index is 419. The van der Waals surface area contributed by atoms with E-state index in [-0.39, 0.29) is 0 Å². The molecule has 0 radical (unpaired) electrons. The van der Waals surface area contributed by atoms with E-state index in [0.29, 0.717) is 0 Å². The average molecular weight is 249 g/mol. The van der Waals surface area contributed by atoms with Crippen LogP contribution in [-0.2, 0) is 4.79 Å². The minimum absolute atomic E-state index is 0.635. The van der Waals surface area contributed by atoms with Crippen molar-refractivity contribution in [2.24, 2.45) is 0 Å². The number of hydrogen-bond donors (Lipinski definition) is 1. The first-order valence-electron chi connectivity index (χ1n) is 5.77. The summed E-state index contributed by atoms with van der Waals surface area (Å²) in [4.78, 5) is 14.1. The predicted octanol–water partition coefficient (Wildman–Crippen LogP) is 2.63. The van der Waals surface area contributed by atoms with Crippen molar-refractivity contribution in [3.63, 3.8) is 0 Å². The lowest BCUT2D eigenvalue weighted by Gasteiger charge is -2.34. The molecular formula is C13H15NO2S. The van der Waals surface area contributed by atoms with Crippen molar-refractivity contribution in [1.82, 2.24) is 4.90 Å². The molecule has 17 heavy (non-hydrogen) atoms. The minimum Gasteiger partial charge on any atom is -0.479 e. The van der Waals surface area contributed by atoms with E-state index in [9.17, 15) is 9.90 Å². The third-order valence-electron chi connectivity index (χ3n) is 3.02. The molecule has 0 spiro atoms. The SMILES string of the molecule is O=C(O)C(c1ccccc1)N1CCCCC1=S. The third-order valence-corrected chi connectivity index (χ3v) is 3.46. The number of nitrogens with zero attached hydrogens (tertiary/aromatic N) is 1. The van der Waals surface area contributed by atoms with E-state index in [4.69, 9.17) is 12.2 Å². The molecule has 2 rings (SSSR count). The molecule has 1 atom stereocenters. The molecule has 1 saturated heterocycles. The Hall–Kier alpha value is -1.42. The molecule has 0 amide bonds. The van der Waals surface area contributed by atoms with Gasteiger partial charge >= 0.3 is 5.97 Å². The van der Waals surface area contributed by atoms with Gasteiger partial charge in [-0.15, -0.1) is 0 Å². The van der Waals surface area contributed by atoms with Crippen LogP contribution in [0.15, 0.2) is 30.3 Å². The highest BCUT2D eigenvalue weighted by atomic mass is 32.1. The maximum atomic E-state index is 11.4. The van der Waals surface area contributed by atoms with Gasteiger partial charge in [-0.2, -0.15) is 0 Å². The van der Waals surface area contributed by atoms with Crippen LogP contribution in [0.3, 0.4) is 0 Å². The third kappa shape index (κ3) is 2.64. The van der Waals surface area contributed by atoms with E-state index in [1.807, 2.05) is 35.2 Å². The molecule has 90 valence electrons. The smallest absolute Gasteiger partial charge is 0.331 e. The van der Waals surface area contributed by atoms with Gasteiger partial charge in [0.15, 0.2) is 6.04 Å². The summed E-state index contributed by atoms with van der Waals surface area (Å²) in [7, 11) is 0. The van der Waals surface area contributed by atoms with Crippen LogP contribution in [0.1, 0.15) is 30.9 Å². The highest BCUT2D eigenvalue weighted by Crippen LogP contribution is 2.26. The summed E-state index contributed by atoms with van der Waals surface area (Å²) in [5, 5.41) is 9.40. The quantitative estimate of drug-likeness (QED) is 0.836. The highest BCUT2D eigenvalue weighted by molar-refractivity contribution is 7.80. The van der Waals surface area contributed by atoms with Gasteiger partial charge in [0.2, 0.25) is 0 Å². The number of benzene rings is 1. The maximum Gasteiger partial charge on any atom is 0.331 e.